The summed E-state index contributed by atoms with van der Waals surface area (Å²) < 4.78 is 5.81. The van der Waals surface area contributed by atoms with Crippen molar-refractivity contribution < 1.29 is 9.66 Å². The van der Waals surface area contributed by atoms with Crippen LogP contribution in [0.15, 0.2) is 24.0 Å². The van der Waals surface area contributed by atoms with Crippen molar-refractivity contribution in [2.45, 2.75) is 50.2 Å². The van der Waals surface area contributed by atoms with Crippen LogP contribution < -0.4 is 0 Å². The second kappa shape index (κ2) is 5.33. The van der Waals surface area contributed by atoms with E-state index in [-0.39, 0.29) is 4.92 Å². The van der Waals surface area contributed by atoms with Crippen molar-refractivity contribution in [1.82, 2.24) is 4.90 Å². The van der Waals surface area contributed by atoms with Crippen molar-refractivity contribution in [1.29, 1.82) is 0 Å². The fourth-order valence-electron chi connectivity index (χ4n) is 3.42. The van der Waals surface area contributed by atoms with E-state index in [1.165, 1.54) is 32.2 Å². The third-order valence-electron chi connectivity index (χ3n) is 4.48. The largest absolute Gasteiger partial charge is 0.492 e. The molecule has 19 heavy (non-hydrogen) atoms. The standard InChI is InChI=1S/C14H20N2O3/c17-16(18)12-5-7-14(8-6-12)19-10-13-4-3-11-2-1-9-15(11)13/h5,7-8,11-13H,1-4,6,9-10H2. The van der Waals surface area contributed by atoms with Gasteiger partial charge in [-0.2, -0.15) is 0 Å². The van der Waals surface area contributed by atoms with Crippen LogP contribution in [0.25, 0.3) is 0 Å². The Labute approximate surface area is 113 Å². The summed E-state index contributed by atoms with van der Waals surface area (Å²) in [5, 5.41) is 10.6. The Morgan fingerprint density at radius 3 is 3.05 bits per heavy atom. The first-order valence-corrected chi connectivity index (χ1v) is 7.14. The van der Waals surface area contributed by atoms with Gasteiger partial charge < -0.3 is 4.74 Å². The summed E-state index contributed by atoms with van der Waals surface area (Å²) in [5.74, 6) is 0.792. The lowest BCUT2D eigenvalue weighted by Gasteiger charge is -2.24. The predicted molar refractivity (Wildman–Crippen MR) is 71.3 cm³/mol. The lowest BCUT2D eigenvalue weighted by atomic mass is 10.1. The van der Waals surface area contributed by atoms with Crippen molar-refractivity contribution in [3.8, 4) is 0 Å². The van der Waals surface area contributed by atoms with Gasteiger partial charge in [0.15, 0.2) is 0 Å². The molecule has 3 atom stereocenters. The molecule has 5 heteroatoms. The van der Waals surface area contributed by atoms with Crippen molar-refractivity contribution in [2.75, 3.05) is 13.2 Å². The van der Waals surface area contributed by atoms with Gasteiger partial charge in [0.05, 0.1) is 0 Å². The molecule has 104 valence electrons. The molecule has 0 radical (unpaired) electrons. The predicted octanol–water partition coefficient (Wildman–Crippen LogP) is 2.12. The first kappa shape index (κ1) is 12.7. The molecular formula is C14H20N2O3. The van der Waals surface area contributed by atoms with E-state index in [1.54, 1.807) is 12.2 Å². The number of ether oxygens (including phenoxy) is 1. The van der Waals surface area contributed by atoms with Crippen molar-refractivity contribution >= 4 is 0 Å². The van der Waals surface area contributed by atoms with E-state index in [1.807, 2.05) is 6.08 Å². The number of rotatable bonds is 4. The minimum absolute atomic E-state index is 0.254. The highest BCUT2D eigenvalue weighted by molar-refractivity contribution is 5.19. The first-order chi connectivity index (χ1) is 9.24. The molecule has 0 amide bonds. The number of fused-ring (bicyclic) bond motifs is 1. The Morgan fingerprint density at radius 1 is 1.42 bits per heavy atom. The maximum Gasteiger partial charge on any atom is 0.235 e. The van der Waals surface area contributed by atoms with Crippen molar-refractivity contribution in [2.24, 2.45) is 0 Å². The average Bonchev–Trinajstić information content (AvgIpc) is 3.00. The molecule has 3 aliphatic rings. The molecular weight excluding hydrogens is 244 g/mol. The molecule has 0 aromatic carbocycles. The summed E-state index contributed by atoms with van der Waals surface area (Å²) >= 11 is 0. The summed E-state index contributed by atoms with van der Waals surface area (Å²) in [6, 6.07) is 0.736. The topological polar surface area (TPSA) is 55.6 Å². The maximum absolute atomic E-state index is 10.6. The summed E-state index contributed by atoms with van der Waals surface area (Å²) in [4.78, 5) is 13.0. The van der Waals surface area contributed by atoms with Crippen LogP contribution in [0.5, 0.6) is 0 Å². The van der Waals surface area contributed by atoms with Gasteiger partial charge in [0.25, 0.3) is 0 Å². The molecule has 1 aliphatic carbocycles. The summed E-state index contributed by atoms with van der Waals surface area (Å²) in [5.41, 5.74) is 0. The van der Waals surface area contributed by atoms with Gasteiger partial charge in [0.2, 0.25) is 6.04 Å². The van der Waals surface area contributed by atoms with Crippen LogP contribution >= 0.6 is 0 Å². The van der Waals surface area contributed by atoms with Gasteiger partial charge >= 0.3 is 0 Å². The normalized spacial score (nSPS) is 34.1. The highest BCUT2D eigenvalue weighted by Gasteiger charge is 2.36. The Bertz CT molecular complexity index is 419. The van der Waals surface area contributed by atoms with Gasteiger partial charge in [-0.15, -0.1) is 0 Å². The lowest BCUT2D eigenvalue weighted by molar-refractivity contribution is -0.508. The molecule has 3 unspecified atom stereocenters. The molecule has 0 N–H and O–H groups in total. The monoisotopic (exact) mass is 264 g/mol. The molecule has 0 bridgehead atoms. The van der Waals surface area contributed by atoms with Gasteiger partial charge in [0, 0.05) is 23.4 Å². The van der Waals surface area contributed by atoms with E-state index in [9.17, 15) is 10.1 Å². The fraction of sp³-hybridized carbons (Fsp3) is 0.714. The quantitative estimate of drug-likeness (QED) is 0.576. The Hall–Kier alpha value is -1.36. The highest BCUT2D eigenvalue weighted by atomic mass is 16.6. The number of nitrogens with zero attached hydrogens (tertiary/aromatic N) is 2. The molecule has 0 aromatic heterocycles. The smallest absolute Gasteiger partial charge is 0.235 e. The molecule has 0 spiro atoms. The number of hydrogen-bond acceptors (Lipinski definition) is 4. The van der Waals surface area contributed by atoms with Gasteiger partial charge in [0.1, 0.15) is 12.4 Å². The Morgan fingerprint density at radius 2 is 2.32 bits per heavy atom. The van der Waals surface area contributed by atoms with Crippen LogP contribution in [-0.4, -0.2) is 41.1 Å². The SMILES string of the molecule is O=[N+]([O-])C1C=CC(OCC2CCC3CCCN32)=CC1. The Kier molecular flexibility index (Phi) is 3.55. The van der Waals surface area contributed by atoms with Crippen LogP contribution in [0.3, 0.4) is 0 Å². The van der Waals surface area contributed by atoms with E-state index < -0.39 is 6.04 Å². The van der Waals surface area contributed by atoms with E-state index in [2.05, 4.69) is 4.90 Å². The minimum Gasteiger partial charge on any atom is -0.492 e. The van der Waals surface area contributed by atoms with Gasteiger partial charge in [-0.3, -0.25) is 15.0 Å². The Balaban J connectivity index is 1.48. The van der Waals surface area contributed by atoms with E-state index in [0.29, 0.717) is 12.5 Å². The van der Waals surface area contributed by atoms with Gasteiger partial charge in [-0.05, 0) is 50.5 Å². The summed E-state index contributed by atoms with van der Waals surface area (Å²) in [6.07, 6.45) is 10.8. The zero-order chi connectivity index (χ0) is 13.2. The lowest BCUT2D eigenvalue weighted by Crippen LogP contribution is -2.34. The molecule has 2 aliphatic heterocycles. The summed E-state index contributed by atoms with van der Waals surface area (Å²) in [7, 11) is 0. The third kappa shape index (κ3) is 2.66. The molecule has 0 aromatic rings. The van der Waals surface area contributed by atoms with Crippen LogP contribution in [0, 0.1) is 10.1 Å². The van der Waals surface area contributed by atoms with Crippen LogP contribution in [-0.2, 0) is 4.74 Å². The average molecular weight is 264 g/mol. The van der Waals surface area contributed by atoms with Gasteiger partial charge in [-0.1, -0.05) is 0 Å². The van der Waals surface area contributed by atoms with Crippen LogP contribution in [0.2, 0.25) is 0 Å². The highest BCUT2D eigenvalue weighted by Crippen LogP contribution is 2.32. The van der Waals surface area contributed by atoms with E-state index in [4.69, 9.17) is 4.74 Å². The molecule has 0 saturated carbocycles. The first-order valence-electron chi connectivity index (χ1n) is 7.14. The number of nitro groups is 1. The molecule has 2 fully saturated rings. The van der Waals surface area contributed by atoms with Crippen molar-refractivity contribution in [3.63, 3.8) is 0 Å². The minimum atomic E-state index is -0.582. The zero-order valence-corrected chi connectivity index (χ0v) is 11.0. The maximum atomic E-state index is 10.6. The third-order valence-corrected chi connectivity index (χ3v) is 4.48. The van der Waals surface area contributed by atoms with Crippen molar-refractivity contribution in [3.05, 3.63) is 34.1 Å². The van der Waals surface area contributed by atoms with E-state index >= 15 is 0 Å². The summed E-state index contributed by atoms with van der Waals surface area (Å²) in [6.45, 7) is 1.92. The molecule has 3 rings (SSSR count). The van der Waals surface area contributed by atoms with E-state index in [0.717, 1.165) is 18.4 Å². The number of hydrogen-bond donors (Lipinski definition) is 0. The second-order valence-corrected chi connectivity index (χ2v) is 5.63. The fourth-order valence-corrected chi connectivity index (χ4v) is 3.42. The van der Waals surface area contributed by atoms with Crippen LogP contribution in [0.4, 0.5) is 0 Å². The van der Waals surface area contributed by atoms with Crippen LogP contribution in [0.1, 0.15) is 32.1 Å². The number of allylic oxidation sites excluding steroid dienone is 1. The van der Waals surface area contributed by atoms with Gasteiger partial charge in [-0.25, -0.2) is 0 Å². The molecule has 5 nitrogen and oxygen atoms in total. The zero-order valence-electron chi connectivity index (χ0n) is 11.0. The molecule has 2 saturated heterocycles. The molecule has 2 heterocycles. The second-order valence-electron chi connectivity index (χ2n) is 5.63.